The Morgan fingerprint density at radius 2 is 2.17 bits per heavy atom. The van der Waals surface area contributed by atoms with Gasteiger partial charge in [0.2, 0.25) is 0 Å². The summed E-state index contributed by atoms with van der Waals surface area (Å²) in [6.07, 6.45) is 5.65. The molecule has 1 amide bonds. The number of fused-ring (bicyclic) bond motifs is 1. The number of hydrogen-bond acceptors (Lipinski definition) is 4. The third-order valence-electron chi connectivity index (χ3n) is 4.08. The number of anilines is 2. The monoisotopic (exact) mass is 310 g/mol. The number of rotatable bonds is 5. The average molecular weight is 310 g/mol. The van der Waals surface area contributed by atoms with Gasteiger partial charge in [-0.2, -0.15) is 0 Å². The molecule has 0 radical (unpaired) electrons. The van der Waals surface area contributed by atoms with Gasteiger partial charge in [-0.3, -0.25) is 4.79 Å². The lowest BCUT2D eigenvalue weighted by Gasteiger charge is -2.29. The topological polar surface area (TPSA) is 58.1 Å². The molecule has 5 nitrogen and oxygen atoms in total. The van der Waals surface area contributed by atoms with Crippen molar-refractivity contribution < 1.29 is 4.79 Å². The number of para-hydroxylation sites is 1. The molecule has 0 unspecified atom stereocenters. The molecule has 1 aromatic heterocycles. The fourth-order valence-corrected chi connectivity index (χ4v) is 2.85. The zero-order valence-electron chi connectivity index (χ0n) is 13.5. The van der Waals surface area contributed by atoms with E-state index in [2.05, 4.69) is 28.3 Å². The number of nitrogens with one attached hydrogen (secondary N) is 1. The molecular formula is C18H22N4O. The Hall–Kier alpha value is -2.43. The van der Waals surface area contributed by atoms with E-state index in [-0.39, 0.29) is 5.91 Å². The maximum absolute atomic E-state index is 12.9. The van der Waals surface area contributed by atoms with Gasteiger partial charge in [0, 0.05) is 24.8 Å². The van der Waals surface area contributed by atoms with Crippen LogP contribution in [0, 0.1) is 0 Å². The Bertz CT molecular complexity index is 686. The molecule has 0 saturated carbocycles. The van der Waals surface area contributed by atoms with Crippen LogP contribution in [0.15, 0.2) is 36.7 Å². The first-order valence-electron chi connectivity index (χ1n) is 8.25. The molecule has 3 rings (SSSR count). The molecule has 1 N–H and O–H groups in total. The highest BCUT2D eigenvalue weighted by Gasteiger charge is 2.24. The molecule has 0 atom stereocenters. The van der Waals surface area contributed by atoms with Crippen LogP contribution in [0.2, 0.25) is 0 Å². The second kappa shape index (κ2) is 7.22. The molecule has 2 aromatic rings. The van der Waals surface area contributed by atoms with E-state index in [1.807, 2.05) is 23.1 Å². The molecule has 0 bridgehead atoms. The van der Waals surface area contributed by atoms with E-state index in [4.69, 9.17) is 0 Å². The van der Waals surface area contributed by atoms with E-state index in [9.17, 15) is 4.79 Å². The predicted octanol–water partition coefficient (Wildman–Crippen LogP) is 3.28. The molecular weight excluding hydrogens is 288 g/mol. The summed E-state index contributed by atoms with van der Waals surface area (Å²) in [6, 6.07) is 9.84. The van der Waals surface area contributed by atoms with Crippen LogP contribution >= 0.6 is 0 Å². The van der Waals surface area contributed by atoms with Gasteiger partial charge in [-0.1, -0.05) is 31.5 Å². The SMILES string of the molecule is CCCCNc1cc(C(=O)N2CCCc3ccccc32)ncn1. The lowest BCUT2D eigenvalue weighted by atomic mass is 10.0. The highest BCUT2D eigenvalue weighted by molar-refractivity contribution is 6.05. The zero-order valence-corrected chi connectivity index (χ0v) is 13.5. The Morgan fingerprint density at radius 3 is 3.04 bits per heavy atom. The van der Waals surface area contributed by atoms with Gasteiger partial charge in [0.05, 0.1) is 0 Å². The Kier molecular flexibility index (Phi) is 4.86. The van der Waals surface area contributed by atoms with Gasteiger partial charge < -0.3 is 10.2 Å². The van der Waals surface area contributed by atoms with Crippen molar-refractivity contribution in [3.05, 3.63) is 47.9 Å². The number of aryl methyl sites for hydroxylation is 1. The van der Waals surface area contributed by atoms with Crippen LogP contribution in [0.3, 0.4) is 0 Å². The molecule has 5 heteroatoms. The zero-order chi connectivity index (χ0) is 16.1. The summed E-state index contributed by atoms with van der Waals surface area (Å²) in [5, 5.41) is 3.24. The van der Waals surface area contributed by atoms with Gasteiger partial charge in [0.1, 0.15) is 17.8 Å². The molecule has 0 saturated heterocycles. The van der Waals surface area contributed by atoms with Crippen LogP contribution in [-0.2, 0) is 6.42 Å². The number of carbonyl (C=O) groups excluding carboxylic acids is 1. The van der Waals surface area contributed by atoms with Crippen LogP contribution in [0.4, 0.5) is 11.5 Å². The highest BCUT2D eigenvalue weighted by Crippen LogP contribution is 2.27. The maximum Gasteiger partial charge on any atom is 0.277 e. The summed E-state index contributed by atoms with van der Waals surface area (Å²) in [5.41, 5.74) is 2.67. The van der Waals surface area contributed by atoms with Gasteiger partial charge in [-0.15, -0.1) is 0 Å². The first-order valence-corrected chi connectivity index (χ1v) is 8.25. The van der Waals surface area contributed by atoms with E-state index in [0.717, 1.165) is 44.5 Å². The van der Waals surface area contributed by atoms with Crippen LogP contribution in [0.1, 0.15) is 42.2 Å². The summed E-state index contributed by atoms with van der Waals surface area (Å²) < 4.78 is 0. The van der Waals surface area contributed by atoms with Gasteiger partial charge in [0.25, 0.3) is 5.91 Å². The van der Waals surface area contributed by atoms with Gasteiger partial charge >= 0.3 is 0 Å². The second-order valence-electron chi connectivity index (χ2n) is 5.76. The number of nitrogens with zero attached hydrogens (tertiary/aromatic N) is 3. The third kappa shape index (κ3) is 3.50. The third-order valence-corrected chi connectivity index (χ3v) is 4.08. The van der Waals surface area contributed by atoms with Crippen molar-refractivity contribution in [2.75, 3.05) is 23.3 Å². The number of aromatic nitrogens is 2. The molecule has 0 spiro atoms. The summed E-state index contributed by atoms with van der Waals surface area (Å²) in [7, 11) is 0. The summed E-state index contributed by atoms with van der Waals surface area (Å²) in [5.74, 6) is 0.653. The Morgan fingerprint density at radius 1 is 1.30 bits per heavy atom. The molecule has 2 heterocycles. The smallest absolute Gasteiger partial charge is 0.277 e. The first kappa shape index (κ1) is 15.5. The summed E-state index contributed by atoms with van der Waals surface area (Å²) in [4.78, 5) is 23.0. The maximum atomic E-state index is 12.9. The fourth-order valence-electron chi connectivity index (χ4n) is 2.85. The molecule has 1 aliphatic rings. The largest absolute Gasteiger partial charge is 0.370 e. The predicted molar refractivity (Wildman–Crippen MR) is 91.9 cm³/mol. The molecule has 0 aliphatic carbocycles. The number of hydrogen-bond donors (Lipinski definition) is 1. The minimum absolute atomic E-state index is 0.0573. The number of benzene rings is 1. The van der Waals surface area contributed by atoms with Crippen LogP contribution < -0.4 is 10.2 Å². The summed E-state index contributed by atoms with van der Waals surface area (Å²) >= 11 is 0. The minimum atomic E-state index is -0.0573. The van der Waals surface area contributed by atoms with E-state index >= 15 is 0 Å². The van der Waals surface area contributed by atoms with Crippen molar-refractivity contribution in [1.82, 2.24) is 9.97 Å². The van der Waals surface area contributed by atoms with Gasteiger partial charge in [-0.05, 0) is 30.9 Å². The van der Waals surface area contributed by atoms with Crippen molar-refractivity contribution in [3.8, 4) is 0 Å². The van der Waals surface area contributed by atoms with E-state index in [1.165, 1.54) is 11.9 Å². The Labute approximate surface area is 136 Å². The summed E-state index contributed by atoms with van der Waals surface area (Å²) in [6.45, 7) is 3.73. The molecule has 23 heavy (non-hydrogen) atoms. The normalized spacial score (nSPS) is 13.5. The lowest BCUT2D eigenvalue weighted by molar-refractivity contribution is 0.0980. The molecule has 1 aromatic carbocycles. The van der Waals surface area contributed by atoms with Crippen molar-refractivity contribution in [2.24, 2.45) is 0 Å². The minimum Gasteiger partial charge on any atom is -0.370 e. The molecule has 120 valence electrons. The Balaban J connectivity index is 1.80. The van der Waals surface area contributed by atoms with E-state index < -0.39 is 0 Å². The van der Waals surface area contributed by atoms with Gasteiger partial charge in [-0.25, -0.2) is 9.97 Å². The van der Waals surface area contributed by atoms with Crippen LogP contribution in [0.25, 0.3) is 0 Å². The quantitative estimate of drug-likeness (QED) is 0.861. The first-order chi connectivity index (χ1) is 11.3. The standard InChI is InChI=1S/C18H22N4O/c1-2-3-10-19-17-12-15(20-13-21-17)18(23)22-11-6-8-14-7-4-5-9-16(14)22/h4-5,7,9,12-13H,2-3,6,8,10-11H2,1H3,(H,19,20,21). The van der Waals surface area contributed by atoms with Crippen molar-refractivity contribution >= 4 is 17.4 Å². The van der Waals surface area contributed by atoms with E-state index in [1.54, 1.807) is 6.07 Å². The lowest BCUT2D eigenvalue weighted by Crippen LogP contribution is -2.36. The second-order valence-corrected chi connectivity index (χ2v) is 5.76. The fraction of sp³-hybridized carbons (Fsp3) is 0.389. The van der Waals surface area contributed by atoms with Crippen LogP contribution in [0.5, 0.6) is 0 Å². The van der Waals surface area contributed by atoms with E-state index in [0.29, 0.717) is 11.5 Å². The van der Waals surface area contributed by atoms with Crippen molar-refractivity contribution in [2.45, 2.75) is 32.6 Å². The van der Waals surface area contributed by atoms with Crippen molar-refractivity contribution in [3.63, 3.8) is 0 Å². The number of unbranched alkanes of at least 4 members (excludes halogenated alkanes) is 1. The van der Waals surface area contributed by atoms with Gasteiger partial charge in [0.15, 0.2) is 0 Å². The number of carbonyl (C=O) groups is 1. The average Bonchev–Trinajstić information content (AvgIpc) is 2.61. The number of amides is 1. The molecule has 1 aliphatic heterocycles. The molecule has 0 fully saturated rings. The van der Waals surface area contributed by atoms with Crippen molar-refractivity contribution in [1.29, 1.82) is 0 Å². The van der Waals surface area contributed by atoms with Crippen LogP contribution in [-0.4, -0.2) is 29.0 Å². The highest BCUT2D eigenvalue weighted by atomic mass is 16.2.